The molecule has 0 spiro atoms. The smallest absolute Gasteiger partial charge is 0.306 e. The van der Waals surface area contributed by atoms with E-state index in [1.807, 2.05) is 0 Å². The van der Waals surface area contributed by atoms with Gasteiger partial charge >= 0.3 is 11.9 Å². The molecule has 0 aromatic carbocycles. The normalized spacial score (nSPS) is 23.9. The molecule has 0 aromatic heterocycles. The van der Waals surface area contributed by atoms with E-state index in [1.54, 1.807) is 13.0 Å². The van der Waals surface area contributed by atoms with Gasteiger partial charge in [-0.05, 0) is 19.8 Å². The van der Waals surface area contributed by atoms with Gasteiger partial charge in [-0.15, -0.1) is 6.58 Å². The summed E-state index contributed by atoms with van der Waals surface area (Å²) in [5, 5.41) is 0. The summed E-state index contributed by atoms with van der Waals surface area (Å²) in [6.45, 7) is 5.80. The van der Waals surface area contributed by atoms with Crippen molar-refractivity contribution in [3.05, 3.63) is 12.7 Å². The van der Waals surface area contributed by atoms with Crippen LogP contribution in [0.2, 0.25) is 0 Å². The molecule has 1 rings (SSSR count). The molecule has 1 aliphatic heterocycles. The van der Waals surface area contributed by atoms with Crippen molar-refractivity contribution in [2.75, 3.05) is 6.61 Å². The van der Waals surface area contributed by atoms with E-state index in [9.17, 15) is 9.59 Å². The SMILES string of the molecule is C=CCC1(CCC(=O)OCC)CCC(=O)O1. The predicted molar refractivity (Wildman–Crippen MR) is 58.7 cm³/mol. The number of carbonyl (C=O) groups is 2. The van der Waals surface area contributed by atoms with Gasteiger partial charge in [0.1, 0.15) is 5.60 Å². The maximum absolute atomic E-state index is 11.2. The van der Waals surface area contributed by atoms with Crippen LogP contribution in [0.5, 0.6) is 0 Å². The van der Waals surface area contributed by atoms with Gasteiger partial charge in [0.2, 0.25) is 0 Å². The van der Waals surface area contributed by atoms with Crippen LogP contribution < -0.4 is 0 Å². The molecule has 0 aromatic rings. The zero-order chi connectivity index (χ0) is 12.0. The second-order valence-electron chi connectivity index (χ2n) is 3.95. The zero-order valence-corrected chi connectivity index (χ0v) is 9.66. The number of hydrogen-bond donors (Lipinski definition) is 0. The van der Waals surface area contributed by atoms with Crippen LogP contribution in [0.4, 0.5) is 0 Å². The Balaban J connectivity index is 2.48. The monoisotopic (exact) mass is 226 g/mol. The lowest BCUT2D eigenvalue weighted by molar-refractivity contribution is -0.152. The van der Waals surface area contributed by atoms with Crippen molar-refractivity contribution >= 4 is 11.9 Å². The molecular weight excluding hydrogens is 208 g/mol. The molecule has 0 N–H and O–H groups in total. The highest BCUT2D eigenvalue weighted by Gasteiger charge is 2.39. The standard InChI is InChI=1S/C12H18O4/c1-3-7-12(9-6-11(14)16-12)8-5-10(13)15-4-2/h3H,1,4-9H2,2H3. The summed E-state index contributed by atoms with van der Waals surface area (Å²) < 4.78 is 10.1. The van der Waals surface area contributed by atoms with Crippen LogP contribution in [0.1, 0.15) is 39.0 Å². The largest absolute Gasteiger partial charge is 0.466 e. The van der Waals surface area contributed by atoms with Crippen molar-refractivity contribution in [2.45, 2.75) is 44.6 Å². The minimum Gasteiger partial charge on any atom is -0.466 e. The van der Waals surface area contributed by atoms with Gasteiger partial charge in [0.15, 0.2) is 0 Å². The highest BCUT2D eigenvalue weighted by molar-refractivity contribution is 5.73. The second-order valence-corrected chi connectivity index (χ2v) is 3.95. The van der Waals surface area contributed by atoms with E-state index >= 15 is 0 Å². The van der Waals surface area contributed by atoms with Crippen molar-refractivity contribution in [3.8, 4) is 0 Å². The molecule has 0 radical (unpaired) electrons. The lowest BCUT2D eigenvalue weighted by Crippen LogP contribution is -2.29. The molecular formula is C12H18O4. The van der Waals surface area contributed by atoms with Gasteiger partial charge in [-0.25, -0.2) is 0 Å². The first-order valence-corrected chi connectivity index (χ1v) is 5.60. The average molecular weight is 226 g/mol. The molecule has 1 heterocycles. The van der Waals surface area contributed by atoms with Crippen LogP contribution in [-0.2, 0) is 19.1 Å². The maximum atomic E-state index is 11.2. The molecule has 0 aliphatic carbocycles. The molecule has 1 atom stereocenters. The van der Waals surface area contributed by atoms with Gasteiger partial charge in [0.05, 0.1) is 6.61 Å². The lowest BCUT2D eigenvalue weighted by atomic mass is 9.91. The van der Waals surface area contributed by atoms with E-state index in [0.29, 0.717) is 32.3 Å². The number of rotatable bonds is 6. The van der Waals surface area contributed by atoms with Crippen LogP contribution in [0, 0.1) is 0 Å². The van der Waals surface area contributed by atoms with Crippen LogP contribution in [0.25, 0.3) is 0 Å². The number of carbonyl (C=O) groups excluding carboxylic acids is 2. The third-order valence-electron chi connectivity index (χ3n) is 2.72. The summed E-state index contributed by atoms with van der Waals surface area (Å²) in [4.78, 5) is 22.4. The Morgan fingerprint density at radius 3 is 2.94 bits per heavy atom. The van der Waals surface area contributed by atoms with E-state index < -0.39 is 5.60 Å². The molecule has 1 fully saturated rings. The van der Waals surface area contributed by atoms with Crippen molar-refractivity contribution in [3.63, 3.8) is 0 Å². The van der Waals surface area contributed by atoms with Gasteiger partial charge in [-0.3, -0.25) is 9.59 Å². The Kier molecular flexibility index (Phi) is 4.52. The summed E-state index contributed by atoms with van der Waals surface area (Å²) in [5.74, 6) is -0.431. The molecule has 0 bridgehead atoms. The number of cyclic esters (lactones) is 1. The molecule has 1 aliphatic rings. The molecule has 0 saturated carbocycles. The van der Waals surface area contributed by atoms with E-state index in [-0.39, 0.29) is 18.4 Å². The van der Waals surface area contributed by atoms with Gasteiger partial charge < -0.3 is 9.47 Å². The summed E-state index contributed by atoms with van der Waals surface area (Å²) >= 11 is 0. The van der Waals surface area contributed by atoms with Crippen molar-refractivity contribution in [2.24, 2.45) is 0 Å². The summed E-state index contributed by atoms with van der Waals surface area (Å²) in [5.41, 5.74) is -0.522. The van der Waals surface area contributed by atoms with E-state index in [4.69, 9.17) is 9.47 Å². The topological polar surface area (TPSA) is 52.6 Å². The first kappa shape index (κ1) is 12.7. The van der Waals surface area contributed by atoms with Gasteiger partial charge in [0, 0.05) is 19.3 Å². The van der Waals surface area contributed by atoms with Gasteiger partial charge in [0.25, 0.3) is 0 Å². The zero-order valence-electron chi connectivity index (χ0n) is 9.66. The predicted octanol–water partition coefficient (Wildman–Crippen LogP) is 1.98. The fourth-order valence-corrected chi connectivity index (χ4v) is 1.92. The number of esters is 2. The van der Waals surface area contributed by atoms with Crippen molar-refractivity contribution in [1.82, 2.24) is 0 Å². The third kappa shape index (κ3) is 3.36. The third-order valence-corrected chi connectivity index (χ3v) is 2.72. The minimum absolute atomic E-state index is 0.189. The molecule has 1 unspecified atom stereocenters. The molecule has 1 saturated heterocycles. The fraction of sp³-hybridized carbons (Fsp3) is 0.667. The summed E-state index contributed by atoms with van der Waals surface area (Å²) in [6, 6.07) is 0. The average Bonchev–Trinajstić information content (AvgIpc) is 2.59. The van der Waals surface area contributed by atoms with Crippen LogP contribution in [-0.4, -0.2) is 24.1 Å². The Labute approximate surface area is 95.6 Å². The first-order valence-electron chi connectivity index (χ1n) is 5.60. The maximum Gasteiger partial charge on any atom is 0.306 e. The fourth-order valence-electron chi connectivity index (χ4n) is 1.92. The van der Waals surface area contributed by atoms with E-state index in [1.165, 1.54) is 0 Å². The van der Waals surface area contributed by atoms with Crippen molar-refractivity contribution in [1.29, 1.82) is 0 Å². The molecule has 4 heteroatoms. The lowest BCUT2D eigenvalue weighted by Gasteiger charge is -2.25. The Morgan fingerprint density at radius 2 is 2.44 bits per heavy atom. The van der Waals surface area contributed by atoms with Gasteiger partial charge in [-0.2, -0.15) is 0 Å². The minimum atomic E-state index is -0.522. The van der Waals surface area contributed by atoms with Crippen LogP contribution in [0.3, 0.4) is 0 Å². The Hall–Kier alpha value is -1.32. The molecule has 0 amide bonds. The number of hydrogen-bond acceptors (Lipinski definition) is 4. The molecule has 90 valence electrons. The highest BCUT2D eigenvalue weighted by atomic mass is 16.6. The first-order chi connectivity index (χ1) is 7.62. The molecule has 4 nitrogen and oxygen atoms in total. The van der Waals surface area contributed by atoms with Crippen molar-refractivity contribution < 1.29 is 19.1 Å². The van der Waals surface area contributed by atoms with E-state index in [0.717, 1.165) is 0 Å². The highest BCUT2D eigenvalue weighted by Crippen LogP contribution is 2.34. The quantitative estimate of drug-likeness (QED) is 0.513. The van der Waals surface area contributed by atoms with Crippen LogP contribution in [0.15, 0.2) is 12.7 Å². The number of ether oxygens (including phenoxy) is 2. The Bertz CT molecular complexity index is 285. The second kappa shape index (κ2) is 5.68. The van der Waals surface area contributed by atoms with Gasteiger partial charge in [-0.1, -0.05) is 6.08 Å². The summed E-state index contributed by atoms with van der Waals surface area (Å²) in [7, 11) is 0. The summed E-state index contributed by atoms with van der Waals surface area (Å²) in [6.07, 6.45) is 4.22. The molecule has 16 heavy (non-hydrogen) atoms. The van der Waals surface area contributed by atoms with Crippen LogP contribution >= 0.6 is 0 Å². The Morgan fingerprint density at radius 1 is 1.69 bits per heavy atom. The van der Waals surface area contributed by atoms with E-state index in [2.05, 4.69) is 6.58 Å².